The summed E-state index contributed by atoms with van der Waals surface area (Å²) < 4.78 is 11.1. The lowest BCUT2D eigenvalue weighted by Crippen LogP contribution is -2.41. The fraction of sp³-hybridized carbons (Fsp3) is 0.923. The van der Waals surface area contributed by atoms with Crippen LogP contribution in [0.2, 0.25) is 0 Å². The smallest absolute Gasteiger partial charge is 0.227 e. The first-order chi connectivity index (χ1) is 8.55. The van der Waals surface area contributed by atoms with Gasteiger partial charge in [-0.15, -0.1) is 0 Å². The van der Waals surface area contributed by atoms with E-state index < -0.39 is 0 Å². The molecule has 5 nitrogen and oxygen atoms in total. The van der Waals surface area contributed by atoms with E-state index in [9.17, 15) is 4.79 Å². The van der Waals surface area contributed by atoms with Crippen LogP contribution in [0.25, 0.3) is 0 Å². The third-order valence-corrected chi connectivity index (χ3v) is 3.44. The van der Waals surface area contributed by atoms with Gasteiger partial charge in [0.05, 0.1) is 5.41 Å². The van der Waals surface area contributed by atoms with Crippen molar-refractivity contribution in [1.29, 1.82) is 0 Å². The monoisotopic (exact) mass is 258 g/mol. The number of hydrogen-bond donors (Lipinski definition) is 1. The molecule has 1 rings (SSSR count). The lowest BCUT2D eigenvalue weighted by molar-refractivity contribution is -0.147. The molecule has 5 heteroatoms. The number of nitrogens with zero attached hydrogens (tertiary/aromatic N) is 1. The number of likely N-dealkylation sites (tertiary alicyclic amines) is 1. The minimum absolute atomic E-state index is 0.120. The number of ether oxygens (including phenoxy) is 2. The van der Waals surface area contributed by atoms with Crippen molar-refractivity contribution in [3.8, 4) is 0 Å². The second-order valence-corrected chi connectivity index (χ2v) is 4.97. The molecule has 0 bridgehead atoms. The van der Waals surface area contributed by atoms with E-state index in [1.54, 1.807) is 7.05 Å². The van der Waals surface area contributed by atoms with Crippen LogP contribution in [0, 0.1) is 5.41 Å². The number of rotatable bonds is 7. The molecular formula is C13H26N2O3. The van der Waals surface area contributed by atoms with Crippen molar-refractivity contribution in [3.63, 3.8) is 0 Å². The lowest BCUT2D eigenvalue weighted by atomic mass is 9.89. The third kappa shape index (κ3) is 3.93. The van der Waals surface area contributed by atoms with Crippen LogP contribution < -0.4 is 5.32 Å². The molecule has 0 aromatic carbocycles. The summed E-state index contributed by atoms with van der Waals surface area (Å²) in [4.78, 5) is 14.1. The number of carbonyl (C=O) groups is 1. The Hall–Kier alpha value is -0.650. The molecule has 1 heterocycles. The summed E-state index contributed by atoms with van der Waals surface area (Å²) >= 11 is 0. The largest absolute Gasteiger partial charge is 0.359 e. The van der Waals surface area contributed by atoms with Gasteiger partial charge in [0.25, 0.3) is 0 Å². The molecule has 106 valence electrons. The molecule has 0 saturated carbocycles. The van der Waals surface area contributed by atoms with Crippen molar-refractivity contribution in [2.75, 3.05) is 39.9 Å². The van der Waals surface area contributed by atoms with E-state index in [0.29, 0.717) is 13.2 Å². The van der Waals surface area contributed by atoms with E-state index in [1.807, 2.05) is 20.8 Å². The lowest BCUT2D eigenvalue weighted by Gasteiger charge is -2.25. The summed E-state index contributed by atoms with van der Waals surface area (Å²) in [6.07, 6.45) is 0.699. The van der Waals surface area contributed by atoms with Gasteiger partial charge in [-0.3, -0.25) is 9.69 Å². The maximum Gasteiger partial charge on any atom is 0.227 e. The standard InChI is InChI=1S/C13H26N2O3/c1-5-17-11(18-6-2)9-15-8-7-13(3,10-15)12(16)14-4/h11H,5-10H2,1-4H3,(H,14,16). The van der Waals surface area contributed by atoms with Gasteiger partial charge in [0.1, 0.15) is 0 Å². The maximum absolute atomic E-state index is 11.8. The molecule has 0 aromatic rings. The minimum atomic E-state index is -0.280. The Morgan fingerprint density at radius 2 is 2.00 bits per heavy atom. The zero-order chi connectivity index (χ0) is 13.6. The number of nitrogens with one attached hydrogen (secondary N) is 1. The first-order valence-electron chi connectivity index (χ1n) is 6.73. The molecule has 0 radical (unpaired) electrons. The average molecular weight is 258 g/mol. The summed E-state index contributed by atoms with van der Waals surface area (Å²) in [5, 5.41) is 2.74. The summed E-state index contributed by atoms with van der Waals surface area (Å²) in [7, 11) is 1.69. The highest BCUT2D eigenvalue weighted by Gasteiger charge is 2.40. The van der Waals surface area contributed by atoms with Crippen molar-refractivity contribution in [2.45, 2.75) is 33.5 Å². The molecule has 0 aliphatic carbocycles. The quantitative estimate of drug-likeness (QED) is 0.688. The average Bonchev–Trinajstić information content (AvgIpc) is 2.72. The van der Waals surface area contributed by atoms with Gasteiger partial charge >= 0.3 is 0 Å². The fourth-order valence-electron chi connectivity index (χ4n) is 2.44. The maximum atomic E-state index is 11.8. The van der Waals surface area contributed by atoms with E-state index in [0.717, 1.165) is 26.1 Å². The van der Waals surface area contributed by atoms with Crippen LogP contribution in [0.4, 0.5) is 0 Å². The normalized spacial score (nSPS) is 24.7. The molecule has 1 fully saturated rings. The SMILES string of the molecule is CCOC(CN1CCC(C)(C(=O)NC)C1)OCC. The van der Waals surface area contributed by atoms with E-state index in [2.05, 4.69) is 10.2 Å². The molecule has 18 heavy (non-hydrogen) atoms. The van der Waals surface area contributed by atoms with Gasteiger partial charge < -0.3 is 14.8 Å². The molecule has 1 aliphatic heterocycles. The summed E-state index contributed by atoms with van der Waals surface area (Å²) in [5.41, 5.74) is -0.280. The van der Waals surface area contributed by atoms with Crippen LogP contribution in [0.5, 0.6) is 0 Å². The Morgan fingerprint density at radius 1 is 1.39 bits per heavy atom. The van der Waals surface area contributed by atoms with Crippen LogP contribution in [-0.4, -0.2) is 57.0 Å². The van der Waals surface area contributed by atoms with Crippen molar-refractivity contribution in [2.24, 2.45) is 5.41 Å². The first kappa shape index (κ1) is 15.4. The van der Waals surface area contributed by atoms with Gasteiger partial charge in [0, 0.05) is 33.4 Å². The molecular weight excluding hydrogens is 232 g/mol. The van der Waals surface area contributed by atoms with Crippen molar-refractivity contribution in [1.82, 2.24) is 10.2 Å². The van der Waals surface area contributed by atoms with E-state index in [-0.39, 0.29) is 17.6 Å². The van der Waals surface area contributed by atoms with Crippen LogP contribution in [0.3, 0.4) is 0 Å². The van der Waals surface area contributed by atoms with Crippen LogP contribution in [-0.2, 0) is 14.3 Å². The zero-order valence-electron chi connectivity index (χ0n) is 12.0. The highest BCUT2D eigenvalue weighted by atomic mass is 16.7. The van der Waals surface area contributed by atoms with Crippen molar-refractivity contribution < 1.29 is 14.3 Å². The molecule has 0 aromatic heterocycles. The topological polar surface area (TPSA) is 50.8 Å². The highest BCUT2D eigenvalue weighted by Crippen LogP contribution is 2.30. The number of amides is 1. The van der Waals surface area contributed by atoms with Crippen LogP contribution >= 0.6 is 0 Å². The first-order valence-corrected chi connectivity index (χ1v) is 6.73. The van der Waals surface area contributed by atoms with E-state index in [1.165, 1.54) is 0 Å². The Labute approximate surface area is 110 Å². The Kier molecular flexibility index (Phi) is 6.05. The predicted octanol–water partition coefficient (Wildman–Crippen LogP) is 0.844. The molecule has 1 unspecified atom stereocenters. The van der Waals surface area contributed by atoms with Crippen LogP contribution in [0.1, 0.15) is 27.2 Å². The molecule has 1 saturated heterocycles. The van der Waals surface area contributed by atoms with Gasteiger partial charge in [0.2, 0.25) is 5.91 Å². The minimum Gasteiger partial charge on any atom is -0.359 e. The fourth-order valence-corrected chi connectivity index (χ4v) is 2.44. The van der Waals surface area contributed by atoms with Gasteiger partial charge in [-0.1, -0.05) is 0 Å². The number of carbonyl (C=O) groups excluding carboxylic acids is 1. The zero-order valence-corrected chi connectivity index (χ0v) is 12.0. The van der Waals surface area contributed by atoms with Gasteiger partial charge in [-0.2, -0.15) is 0 Å². The van der Waals surface area contributed by atoms with Gasteiger partial charge in [-0.25, -0.2) is 0 Å². The third-order valence-electron chi connectivity index (χ3n) is 3.44. The number of hydrogen-bond acceptors (Lipinski definition) is 4. The molecule has 1 atom stereocenters. The Morgan fingerprint density at radius 3 is 2.50 bits per heavy atom. The van der Waals surface area contributed by atoms with E-state index in [4.69, 9.17) is 9.47 Å². The second kappa shape index (κ2) is 7.07. The Bertz CT molecular complexity index is 267. The highest BCUT2D eigenvalue weighted by molar-refractivity contribution is 5.82. The van der Waals surface area contributed by atoms with Crippen molar-refractivity contribution in [3.05, 3.63) is 0 Å². The summed E-state index contributed by atoms with van der Waals surface area (Å²) in [6.45, 7) is 9.64. The summed E-state index contributed by atoms with van der Waals surface area (Å²) in [5.74, 6) is 0.120. The van der Waals surface area contributed by atoms with E-state index >= 15 is 0 Å². The van der Waals surface area contributed by atoms with Crippen molar-refractivity contribution >= 4 is 5.91 Å². The second-order valence-electron chi connectivity index (χ2n) is 4.97. The van der Waals surface area contributed by atoms with Gasteiger partial charge in [-0.05, 0) is 33.7 Å². The predicted molar refractivity (Wildman–Crippen MR) is 70.3 cm³/mol. The Balaban J connectivity index is 2.47. The van der Waals surface area contributed by atoms with Crippen LogP contribution in [0.15, 0.2) is 0 Å². The van der Waals surface area contributed by atoms with Gasteiger partial charge in [0.15, 0.2) is 6.29 Å². The molecule has 0 spiro atoms. The summed E-state index contributed by atoms with van der Waals surface area (Å²) in [6, 6.07) is 0. The molecule has 1 amide bonds. The molecule has 1 aliphatic rings. The molecule has 1 N–H and O–H groups in total.